The van der Waals surface area contributed by atoms with Crippen LogP contribution in [0.3, 0.4) is 0 Å². The van der Waals surface area contributed by atoms with E-state index in [1.54, 1.807) is 6.26 Å². The Morgan fingerprint density at radius 3 is 2.90 bits per heavy atom. The monoisotopic (exact) mass is 301 g/mol. The van der Waals surface area contributed by atoms with Crippen molar-refractivity contribution in [3.8, 4) is 11.8 Å². The van der Waals surface area contributed by atoms with E-state index in [9.17, 15) is 4.21 Å². The summed E-state index contributed by atoms with van der Waals surface area (Å²) in [6, 6.07) is 0. The van der Waals surface area contributed by atoms with Crippen molar-refractivity contribution in [2.45, 2.75) is 44.1 Å². The van der Waals surface area contributed by atoms with Crippen LogP contribution in [0.1, 0.15) is 33.1 Å². The maximum atomic E-state index is 12.7. The van der Waals surface area contributed by atoms with E-state index in [2.05, 4.69) is 23.1 Å². The van der Waals surface area contributed by atoms with Gasteiger partial charge in [0.05, 0.1) is 11.4 Å². The largest absolute Gasteiger partial charge is 0.353 e. The molecule has 0 bridgehead atoms. The van der Waals surface area contributed by atoms with Crippen LogP contribution in [0, 0.1) is 11.8 Å². The molecule has 0 aromatic heterocycles. The first-order valence-electron chi connectivity index (χ1n) is 7.08. The molecule has 0 amide bonds. The van der Waals surface area contributed by atoms with Gasteiger partial charge in [-0.2, -0.15) is 0 Å². The Bertz CT molecular complexity index is 417. The quantitative estimate of drug-likeness (QED) is 0.445. The molecule has 0 aromatic carbocycles. The lowest BCUT2D eigenvalue weighted by Gasteiger charge is -2.33. The van der Waals surface area contributed by atoms with Crippen LogP contribution in [0.4, 0.5) is 0 Å². The van der Waals surface area contributed by atoms with Gasteiger partial charge >= 0.3 is 0 Å². The third kappa shape index (κ3) is 5.37. The molecule has 0 aromatic rings. The molecule has 0 radical (unpaired) electrons. The molecule has 1 fully saturated rings. The molecule has 1 aliphatic rings. The molecule has 1 heterocycles. The lowest BCUT2D eigenvalue weighted by Crippen LogP contribution is -2.47. The fourth-order valence-electron chi connectivity index (χ4n) is 1.82. The third-order valence-corrected chi connectivity index (χ3v) is 6.58. The Morgan fingerprint density at radius 1 is 1.55 bits per heavy atom. The maximum Gasteiger partial charge on any atom is 0.157 e. The van der Waals surface area contributed by atoms with E-state index in [1.807, 2.05) is 13.8 Å². The Labute approximate surface area is 123 Å². The molecule has 1 rings (SSSR count). The van der Waals surface area contributed by atoms with Gasteiger partial charge in [-0.1, -0.05) is 18.4 Å². The maximum absolute atomic E-state index is 12.7. The molecule has 1 N–H and O–H groups in total. The van der Waals surface area contributed by atoms with Gasteiger partial charge in [0, 0.05) is 19.4 Å². The number of allylic oxidation sites excluding steroid dienone is 1. The van der Waals surface area contributed by atoms with Crippen molar-refractivity contribution < 1.29 is 13.7 Å². The molecular formula is C15H27NO3S. The molecule has 0 spiro atoms. The van der Waals surface area contributed by atoms with Crippen LogP contribution in [-0.4, -0.2) is 41.3 Å². The minimum atomic E-state index is -2.59. The summed E-state index contributed by atoms with van der Waals surface area (Å²) in [7, 11) is -2.59. The zero-order valence-corrected chi connectivity index (χ0v) is 13.7. The average Bonchev–Trinajstić information content (AvgIpc) is 2.42. The predicted molar refractivity (Wildman–Crippen MR) is 85.1 cm³/mol. The van der Waals surface area contributed by atoms with Crippen molar-refractivity contribution in [2.75, 3.05) is 26.0 Å². The highest BCUT2D eigenvalue weighted by atomic mass is 32.3. The number of thiol groups is 1. The molecule has 116 valence electrons. The molecule has 5 heteroatoms. The topological polar surface area (TPSA) is 47.6 Å². The standard InChI is InChI=1S/C15H27NO3S/c1-5-6-10-15(2,3)20(4,17)16-11-13-19-14-9-7-8-12-18-14/h5,14,20H,1,7-9,11-13H2,2-4H3,(H,16,17). The Balaban J connectivity index is 2.35. The second kappa shape index (κ2) is 7.94. The van der Waals surface area contributed by atoms with Gasteiger partial charge < -0.3 is 9.47 Å². The van der Waals surface area contributed by atoms with Gasteiger partial charge in [-0.05, 0) is 49.3 Å². The van der Waals surface area contributed by atoms with Gasteiger partial charge in [-0.25, -0.2) is 0 Å². The second-order valence-corrected chi connectivity index (χ2v) is 8.81. The van der Waals surface area contributed by atoms with E-state index in [1.165, 1.54) is 6.08 Å². The highest BCUT2D eigenvalue weighted by molar-refractivity contribution is 8.02. The molecular weight excluding hydrogens is 274 g/mol. The Hall–Kier alpha value is -0.670. The number of nitrogens with one attached hydrogen (secondary N) is 1. The van der Waals surface area contributed by atoms with Crippen LogP contribution in [0.25, 0.3) is 0 Å². The van der Waals surface area contributed by atoms with Crippen molar-refractivity contribution in [1.29, 1.82) is 0 Å². The van der Waals surface area contributed by atoms with Gasteiger partial charge in [0.15, 0.2) is 6.29 Å². The molecule has 0 saturated carbocycles. The summed E-state index contributed by atoms with van der Waals surface area (Å²) in [5.74, 6) is 5.77. The van der Waals surface area contributed by atoms with Crippen LogP contribution in [-0.2, 0) is 19.6 Å². The fourth-order valence-corrected chi connectivity index (χ4v) is 3.02. The van der Waals surface area contributed by atoms with Crippen molar-refractivity contribution >= 4 is 10.1 Å². The van der Waals surface area contributed by atoms with Crippen LogP contribution in [0.5, 0.6) is 0 Å². The molecule has 20 heavy (non-hydrogen) atoms. The summed E-state index contributed by atoms with van der Waals surface area (Å²) >= 11 is 0. The minimum absolute atomic E-state index is 0.102. The van der Waals surface area contributed by atoms with Crippen molar-refractivity contribution in [3.63, 3.8) is 0 Å². The second-order valence-electron chi connectivity index (χ2n) is 5.53. The Kier molecular flexibility index (Phi) is 6.90. The molecule has 0 aliphatic carbocycles. The SMILES string of the molecule is C=CC#CC(C)(C)[SH](C)(=O)NCCOC1CCCCO1. The van der Waals surface area contributed by atoms with Gasteiger partial charge in [0.2, 0.25) is 0 Å². The number of rotatable bonds is 6. The van der Waals surface area contributed by atoms with E-state index < -0.39 is 14.9 Å². The van der Waals surface area contributed by atoms with Gasteiger partial charge in [-0.3, -0.25) is 8.93 Å². The van der Waals surface area contributed by atoms with E-state index in [0.717, 1.165) is 25.9 Å². The van der Waals surface area contributed by atoms with Gasteiger partial charge in [0.25, 0.3) is 0 Å². The van der Waals surface area contributed by atoms with Gasteiger partial charge in [0.1, 0.15) is 0 Å². The minimum Gasteiger partial charge on any atom is -0.353 e. The summed E-state index contributed by atoms with van der Waals surface area (Å²) in [4.78, 5) is 0. The first-order chi connectivity index (χ1) is 9.39. The Morgan fingerprint density at radius 2 is 2.30 bits per heavy atom. The van der Waals surface area contributed by atoms with Crippen LogP contribution in [0.15, 0.2) is 12.7 Å². The van der Waals surface area contributed by atoms with E-state index in [4.69, 9.17) is 9.47 Å². The van der Waals surface area contributed by atoms with Gasteiger partial charge in [-0.15, -0.1) is 0 Å². The number of hydrogen-bond donors (Lipinski definition) is 2. The van der Waals surface area contributed by atoms with Crippen LogP contribution in [0.2, 0.25) is 0 Å². The van der Waals surface area contributed by atoms with Crippen molar-refractivity contribution in [3.05, 3.63) is 12.7 Å². The summed E-state index contributed by atoms with van der Waals surface area (Å²) in [6.45, 7) is 9.11. The van der Waals surface area contributed by atoms with Crippen LogP contribution < -0.4 is 4.72 Å². The van der Waals surface area contributed by atoms with Crippen molar-refractivity contribution in [2.24, 2.45) is 0 Å². The highest BCUT2D eigenvalue weighted by Gasteiger charge is 2.28. The first kappa shape index (κ1) is 17.4. The lowest BCUT2D eigenvalue weighted by molar-refractivity contribution is -0.160. The zero-order valence-electron chi connectivity index (χ0n) is 12.8. The number of ether oxygens (including phenoxy) is 2. The molecule has 4 nitrogen and oxygen atoms in total. The molecule has 1 saturated heterocycles. The molecule has 1 aliphatic heterocycles. The normalized spacial score (nSPS) is 20.9. The molecule has 1 unspecified atom stereocenters. The van der Waals surface area contributed by atoms with Crippen molar-refractivity contribution in [1.82, 2.24) is 4.72 Å². The summed E-state index contributed by atoms with van der Waals surface area (Å²) in [5.41, 5.74) is 0. The smallest absolute Gasteiger partial charge is 0.157 e. The summed E-state index contributed by atoms with van der Waals surface area (Å²) in [5, 5.41) is 0. The van der Waals surface area contributed by atoms with E-state index >= 15 is 0 Å². The highest BCUT2D eigenvalue weighted by Crippen LogP contribution is 2.19. The lowest BCUT2D eigenvalue weighted by atomic mass is 10.2. The molecule has 1 atom stereocenters. The van der Waals surface area contributed by atoms with Crippen LogP contribution >= 0.6 is 0 Å². The summed E-state index contributed by atoms with van der Waals surface area (Å²) < 4.78 is 26.3. The predicted octanol–water partition coefficient (Wildman–Crippen LogP) is 1.65. The average molecular weight is 301 g/mol. The fraction of sp³-hybridized carbons (Fsp3) is 0.733. The number of hydrogen-bond acceptors (Lipinski definition) is 3. The van der Waals surface area contributed by atoms with E-state index in [0.29, 0.717) is 13.2 Å². The summed E-state index contributed by atoms with van der Waals surface area (Å²) in [6.07, 6.45) is 6.34. The van der Waals surface area contributed by atoms with E-state index in [-0.39, 0.29) is 6.29 Å². The third-order valence-electron chi connectivity index (χ3n) is 3.50. The first-order valence-corrected chi connectivity index (χ1v) is 9.24. The zero-order chi connectivity index (χ0) is 15.1.